The summed E-state index contributed by atoms with van der Waals surface area (Å²) in [5, 5.41) is 29.7. The van der Waals surface area contributed by atoms with Crippen LogP contribution >= 0.6 is 23.5 Å². The zero-order valence-electron chi connectivity index (χ0n) is 55.9. The number of aromatic nitrogens is 5. The number of halogens is 2. The van der Waals surface area contributed by atoms with Gasteiger partial charge in [-0.05, 0) is 142 Å². The first kappa shape index (κ1) is 71.0. The molecule has 524 valence electrons. The third-order valence-electron chi connectivity index (χ3n) is 18.9. The monoisotopic (exact) mass is 1400 g/mol. The Morgan fingerprint density at radius 2 is 1.41 bits per heavy atom. The number of fused-ring (bicyclic) bond motifs is 7. The molecule has 11 rings (SSSR count). The van der Waals surface area contributed by atoms with Crippen molar-refractivity contribution in [1.29, 1.82) is 0 Å². The summed E-state index contributed by atoms with van der Waals surface area (Å²) in [5.41, 5.74) is 4.18. The highest BCUT2D eigenvalue weighted by Crippen LogP contribution is 2.33. The van der Waals surface area contributed by atoms with Gasteiger partial charge in [0.05, 0.1) is 31.6 Å². The number of amides is 9. The quantitative estimate of drug-likeness (QED) is 0.110. The van der Waals surface area contributed by atoms with Crippen LogP contribution in [0.1, 0.15) is 93.3 Å². The van der Waals surface area contributed by atoms with E-state index in [4.69, 9.17) is 9.47 Å². The average molecular weight is 1400 g/mol. The average Bonchev–Trinajstić information content (AvgIpc) is 1.68. The van der Waals surface area contributed by atoms with Crippen molar-refractivity contribution in [3.8, 4) is 11.4 Å². The Bertz CT molecular complexity index is 4200. The first-order chi connectivity index (χ1) is 47.5. The Kier molecular flexibility index (Phi) is 22.4. The van der Waals surface area contributed by atoms with E-state index < -0.39 is 113 Å². The van der Waals surface area contributed by atoms with Gasteiger partial charge >= 0.3 is 0 Å². The Labute approximate surface area is 579 Å². The predicted octanol–water partition coefficient (Wildman–Crippen LogP) is 4.42. The number of nitrogens with zero attached hydrogens (tertiary/aromatic N) is 6. The van der Waals surface area contributed by atoms with E-state index in [0.717, 1.165) is 11.1 Å². The maximum Gasteiger partial charge on any atom is 0.246 e. The molecule has 4 aromatic carbocycles. The Hall–Kier alpha value is -9.35. The third kappa shape index (κ3) is 16.5. The standard InChI is InChI=1S/C70H82F2N14O11S2/c1-39-62(88)76-40(2)63(89)77-55(29-45-33-74-54-16-12-47(71)31-52(45)54)64(90)78-57-30-46-34-83(58-17-13-48(72)32-53(46)58)35-49-36-86(82-81-49)50-26-43(37-98-23-18-60(87)75-39)25-44(27-50)38-99-24-20-73-69(95)70(4)19-8-22-85(70)68(94)56(28-42-10-14-51(97-6)15-11-42)79-66(92)61(41(3)96-5)80-65(91)59-9-7-21-84(59)67(57)93/h10-17,25-27,31-34,36,39-41,55-57,59,61,74H,7-9,18-24,28-30,35,37-38H2,1-6H3,(H,73,95)(H,75,87)(H,76,88)(H,77,89)(H,78,90)(H,79,92)(H,80,91)/t39-,40+,41+,55-,56-,57+,59+,61-,70-/m0/s1. The molecule has 0 unspecified atom stereocenters. The van der Waals surface area contributed by atoms with Gasteiger partial charge in [-0.25, -0.2) is 13.5 Å². The van der Waals surface area contributed by atoms with Crippen LogP contribution in [0.15, 0.2) is 97.5 Å². The molecular weight excluding hydrogens is 1310 g/mol. The van der Waals surface area contributed by atoms with E-state index in [2.05, 4.69) is 58.6 Å². The third-order valence-corrected chi connectivity index (χ3v) is 20.9. The number of rotatable bonds is 7. The minimum Gasteiger partial charge on any atom is -0.497 e. The minimum absolute atomic E-state index is 0.00805. The molecule has 3 aromatic heterocycles. The second kappa shape index (κ2) is 31.2. The largest absolute Gasteiger partial charge is 0.497 e. The Morgan fingerprint density at radius 3 is 2.16 bits per heavy atom. The van der Waals surface area contributed by atoms with Crippen molar-refractivity contribution >= 4 is 98.5 Å². The number of nitrogens with one attached hydrogen (secondary N) is 8. The highest BCUT2D eigenvalue weighted by molar-refractivity contribution is 7.98. The number of hydrogen-bond acceptors (Lipinski definition) is 15. The molecule has 0 spiro atoms. The molecule has 7 aromatic rings. The fourth-order valence-corrected chi connectivity index (χ4v) is 15.0. The number of hydrogen-bond donors (Lipinski definition) is 8. The molecule has 2 saturated heterocycles. The highest BCUT2D eigenvalue weighted by Gasteiger charge is 2.48. The van der Waals surface area contributed by atoms with Crippen molar-refractivity contribution in [2.45, 2.75) is 151 Å². The molecule has 8 N–H and O–H groups in total. The van der Waals surface area contributed by atoms with Crippen LogP contribution in [0.3, 0.4) is 0 Å². The van der Waals surface area contributed by atoms with Gasteiger partial charge in [0.15, 0.2) is 0 Å². The molecule has 4 aliphatic rings. The van der Waals surface area contributed by atoms with Crippen LogP contribution < -0.4 is 42.0 Å². The summed E-state index contributed by atoms with van der Waals surface area (Å²) in [6.45, 7) is 6.70. The number of benzene rings is 4. The number of thioether (sulfide) groups is 2. The number of H-pyrrole nitrogens is 1. The van der Waals surface area contributed by atoms with E-state index in [1.54, 1.807) is 79.2 Å². The number of carbonyl (C=O) groups excluding carboxylic acids is 9. The maximum atomic E-state index is 15.8. The predicted molar refractivity (Wildman–Crippen MR) is 368 cm³/mol. The molecular formula is C70H82F2N14O11S2. The molecule has 2 fully saturated rings. The molecule has 25 nitrogen and oxygen atoms in total. The maximum absolute atomic E-state index is 15.8. The second-order valence-corrected chi connectivity index (χ2v) is 28.1. The lowest BCUT2D eigenvalue weighted by atomic mass is 9.95. The molecule has 29 heteroatoms. The van der Waals surface area contributed by atoms with Crippen LogP contribution in [-0.4, -0.2) is 187 Å². The normalized spacial score (nSPS) is 24.4. The van der Waals surface area contributed by atoms with Crippen LogP contribution in [0.25, 0.3) is 27.5 Å². The van der Waals surface area contributed by atoms with Gasteiger partial charge in [-0.2, -0.15) is 23.5 Å². The molecule has 9 atom stereocenters. The van der Waals surface area contributed by atoms with Gasteiger partial charge in [0.25, 0.3) is 0 Å². The zero-order chi connectivity index (χ0) is 70.2. The molecule has 4 aliphatic heterocycles. The summed E-state index contributed by atoms with van der Waals surface area (Å²) < 4.78 is 45.3. The number of carbonyl (C=O) groups is 9. The molecule has 8 bridgehead atoms. The lowest BCUT2D eigenvalue weighted by Gasteiger charge is -2.37. The topological polar surface area (TPSA) is 314 Å². The zero-order valence-corrected chi connectivity index (χ0v) is 57.5. The molecule has 9 amide bonds. The van der Waals surface area contributed by atoms with Crippen molar-refractivity contribution < 1.29 is 61.4 Å². The Morgan fingerprint density at radius 1 is 0.707 bits per heavy atom. The molecule has 99 heavy (non-hydrogen) atoms. The number of methoxy groups -OCH3 is 2. The van der Waals surface area contributed by atoms with Gasteiger partial charge < -0.3 is 66.0 Å². The lowest BCUT2D eigenvalue weighted by Crippen LogP contribution is -2.63. The summed E-state index contributed by atoms with van der Waals surface area (Å²) in [6, 6.07) is 11.7. The summed E-state index contributed by atoms with van der Waals surface area (Å²) in [6.07, 6.45) is 4.67. The number of ether oxygens (including phenoxy) is 2. The summed E-state index contributed by atoms with van der Waals surface area (Å²) in [7, 11) is 2.87. The SMILES string of the molecule is COc1ccc(C[C@@H]2NC(=O)[C@H]([C@@H](C)OC)NC(=O)[C@H]3CCCN3C(=O)[C@H]3Cc4cn(c5ccc(F)cc45)Cc4cn(nn4)-c4cc(cc(c4)CSCCC(=O)N[C@@H](C)C(=O)N[C@H](C)C(=O)N[C@@H](Cc4c[nH]c5ccc(F)cc45)C(=O)N3)CSCCNC(=O)[C@]3(C)CCCN3C2=O)cc1. The van der Waals surface area contributed by atoms with Gasteiger partial charge in [-0.1, -0.05) is 23.4 Å². The van der Waals surface area contributed by atoms with E-state index in [9.17, 15) is 23.6 Å². The minimum atomic E-state index is -1.57. The van der Waals surface area contributed by atoms with Gasteiger partial charge in [0.1, 0.15) is 70.9 Å². The van der Waals surface area contributed by atoms with E-state index in [1.165, 1.54) is 80.0 Å². The van der Waals surface area contributed by atoms with Crippen LogP contribution in [0.5, 0.6) is 5.75 Å². The number of aromatic amines is 1. The fraction of sp³-hybridized carbons (Fsp3) is 0.443. The smallest absolute Gasteiger partial charge is 0.246 e. The van der Waals surface area contributed by atoms with E-state index in [1.807, 2.05) is 16.7 Å². The van der Waals surface area contributed by atoms with Crippen molar-refractivity contribution in [3.05, 3.63) is 143 Å². The summed E-state index contributed by atoms with van der Waals surface area (Å²) in [5.74, 6) is -4.85. The van der Waals surface area contributed by atoms with E-state index in [-0.39, 0.29) is 70.6 Å². The molecule has 7 heterocycles. The van der Waals surface area contributed by atoms with Crippen molar-refractivity contribution in [1.82, 2.24) is 71.6 Å². The van der Waals surface area contributed by atoms with Gasteiger partial charge in [0.2, 0.25) is 53.2 Å². The van der Waals surface area contributed by atoms with E-state index in [0.29, 0.717) is 91.5 Å². The van der Waals surface area contributed by atoms with E-state index >= 15 is 28.4 Å². The molecule has 0 radical (unpaired) electrons. The van der Waals surface area contributed by atoms with Crippen LogP contribution in [0.4, 0.5) is 8.78 Å². The second-order valence-electron chi connectivity index (χ2n) is 25.9. The van der Waals surface area contributed by atoms with Crippen molar-refractivity contribution in [2.24, 2.45) is 0 Å². The molecule has 0 saturated carbocycles. The first-order valence-electron chi connectivity index (χ1n) is 33.2. The first-order valence-corrected chi connectivity index (χ1v) is 35.5. The van der Waals surface area contributed by atoms with Gasteiger partial charge in [-0.15, -0.1) is 5.10 Å². The highest BCUT2D eigenvalue weighted by atomic mass is 32.2. The van der Waals surface area contributed by atoms with Crippen molar-refractivity contribution in [3.63, 3.8) is 0 Å². The van der Waals surface area contributed by atoms with Crippen LogP contribution in [0.2, 0.25) is 0 Å². The summed E-state index contributed by atoms with van der Waals surface area (Å²) >= 11 is 3.07. The lowest BCUT2D eigenvalue weighted by molar-refractivity contribution is -0.147. The fourth-order valence-electron chi connectivity index (χ4n) is 13.3. The Balaban J connectivity index is 1.01. The molecule has 0 aliphatic carbocycles. The van der Waals surface area contributed by atoms with Crippen molar-refractivity contribution in [2.75, 3.05) is 45.4 Å². The van der Waals surface area contributed by atoms with Crippen LogP contribution in [0, 0.1) is 11.6 Å². The van der Waals surface area contributed by atoms with Gasteiger partial charge in [-0.3, -0.25) is 43.2 Å². The summed E-state index contributed by atoms with van der Waals surface area (Å²) in [4.78, 5) is 139. The van der Waals surface area contributed by atoms with Gasteiger partial charge in [0, 0.05) is 110 Å². The van der Waals surface area contributed by atoms with Crippen LogP contribution in [-0.2, 0) is 85.2 Å².